The van der Waals surface area contributed by atoms with Crippen molar-refractivity contribution in [1.29, 1.82) is 0 Å². The number of hydrogen-bond donors (Lipinski definition) is 1. The average molecular weight is 327 g/mol. The van der Waals surface area contributed by atoms with Gasteiger partial charge < -0.3 is 5.32 Å². The summed E-state index contributed by atoms with van der Waals surface area (Å²) in [5.41, 5.74) is 6.09. The van der Waals surface area contributed by atoms with Crippen LogP contribution in [-0.2, 0) is 4.79 Å². The van der Waals surface area contributed by atoms with E-state index in [1.54, 1.807) is 0 Å². The molecule has 3 nitrogen and oxygen atoms in total. The maximum absolute atomic E-state index is 13.2. The lowest BCUT2D eigenvalue weighted by atomic mass is 9.75. The fourth-order valence-electron chi connectivity index (χ4n) is 4.32. The number of hydrogen-bond acceptors (Lipinski definition) is 3. The van der Waals surface area contributed by atoms with Gasteiger partial charge in [0.1, 0.15) is 0 Å². The number of dihydropyridines is 1. The summed E-state index contributed by atoms with van der Waals surface area (Å²) in [5.74, 6) is -0.0602. The van der Waals surface area contributed by atoms with E-state index in [9.17, 15) is 9.59 Å². The maximum Gasteiger partial charge on any atom is 0.192 e. The highest BCUT2D eigenvalue weighted by Crippen LogP contribution is 2.48. The van der Waals surface area contributed by atoms with Crippen LogP contribution in [0.25, 0.3) is 5.70 Å². The summed E-state index contributed by atoms with van der Waals surface area (Å²) in [6, 6.07) is 17.6. The normalized spacial score (nSPS) is 21.7. The number of rotatable bonds is 1. The Hall–Kier alpha value is -2.94. The monoisotopic (exact) mass is 327 g/mol. The largest absolute Gasteiger partial charge is 0.358 e. The molecule has 5 rings (SSSR count). The quantitative estimate of drug-likeness (QED) is 0.861. The van der Waals surface area contributed by atoms with Crippen LogP contribution in [-0.4, -0.2) is 11.6 Å². The van der Waals surface area contributed by atoms with E-state index in [1.807, 2.05) is 54.6 Å². The fraction of sp³-hybridized carbons (Fsp3) is 0.182. The molecule has 0 saturated carbocycles. The Morgan fingerprint density at radius 2 is 1.52 bits per heavy atom. The lowest BCUT2D eigenvalue weighted by Gasteiger charge is -2.33. The molecule has 3 aliphatic rings. The van der Waals surface area contributed by atoms with Gasteiger partial charge >= 0.3 is 0 Å². The highest BCUT2D eigenvalue weighted by molar-refractivity contribution is 6.23. The molecule has 3 heteroatoms. The molecule has 1 aliphatic heterocycles. The predicted octanol–water partition coefficient (Wildman–Crippen LogP) is 3.99. The summed E-state index contributed by atoms with van der Waals surface area (Å²) in [5, 5.41) is 3.45. The maximum atomic E-state index is 13.2. The smallest absolute Gasteiger partial charge is 0.192 e. The molecule has 2 aromatic rings. The number of ketones is 2. The number of allylic oxidation sites excluding steroid dienone is 3. The van der Waals surface area contributed by atoms with Crippen molar-refractivity contribution < 1.29 is 9.59 Å². The summed E-state index contributed by atoms with van der Waals surface area (Å²) in [4.78, 5) is 25.9. The van der Waals surface area contributed by atoms with E-state index in [0.717, 1.165) is 52.1 Å². The van der Waals surface area contributed by atoms with Crippen LogP contribution in [0.15, 0.2) is 71.4 Å². The Kier molecular flexibility index (Phi) is 3.04. The summed E-state index contributed by atoms with van der Waals surface area (Å²) in [7, 11) is 0. The molecule has 122 valence electrons. The van der Waals surface area contributed by atoms with E-state index in [0.29, 0.717) is 6.42 Å². The third-order valence-electron chi connectivity index (χ3n) is 5.40. The second-order valence-corrected chi connectivity index (χ2v) is 6.80. The molecule has 1 heterocycles. The molecule has 2 aliphatic carbocycles. The molecule has 25 heavy (non-hydrogen) atoms. The molecule has 0 spiro atoms. The molecule has 0 aromatic heterocycles. The van der Waals surface area contributed by atoms with Crippen molar-refractivity contribution in [3.8, 4) is 0 Å². The van der Waals surface area contributed by atoms with Crippen molar-refractivity contribution in [2.45, 2.75) is 25.2 Å². The first kappa shape index (κ1) is 14.4. The molecule has 2 aromatic carbocycles. The molecular weight excluding hydrogens is 310 g/mol. The Morgan fingerprint density at radius 1 is 0.800 bits per heavy atom. The second-order valence-electron chi connectivity index (χ2n) is 6.80. The van der Waals surface area contributed by atoms with Gasteiger partial charge in [-0.15, -0.1) is 0 Å². The number of carbonyl (C=O) groups excluding carboxylic acids is 2. The van der Waals surface area contributed by atoms with Crippen molar-refractivity contribution in [3.63, 3.8) is 0 Å². The third kappa shape index (κ3) is 1.99. The Morgan fingerprint density at radius 3 is 2.32 bits per heavy atom. The van der Waals surface area contributed by atoms with E-state index in [4.69, 9.17) is 0 Å². The Bertz CT molecular complexity index is 982. The topological polar surface area (TPSA) is 46.2 Å². The molecular formula is C22H17NO2. The SMILES string of the molecule is O=C1CCCC2=C1C(c1ccccc1)C1=C(N2)c2ccccc2C1=O. The van der Waals surface area contributed by atoms with Crippen molar-refractivity contribution in [3.05, 3.63) is 88.1 Å². The molecule has 0 fully saturated rings. The van der Waals surface area contributed by atoms with Crippen LogP contribution in [0.4, 0.5) is 0 Å². The zero-order valence-electron chi connectivity index (χ0n) is 13.7. The first-order valence-corrected chi connectivity index (χ1v) is 8.72. The van der Waals surface area contributed by atoms with E-state index in [-0.39, 0.29) is 17.5 Å². The van der Waals surface area contributed by atoms with Gasteiger partial charge in [-0.25, -0.2) is 0 Å². The number of nitrogens with one attached hydrogen (secondary N) is 1. The van der Waals surface area contributed by atoms with Gasteiger partial charge in [0.05, 0.1) is 5.70 Å². The lowest BCUT2D eigenvalue weighted by Crippen LogP contribution is -2.31. The van der Waals surface area contributed by atoms with Gasteiger partial charge in [0.15, 0.2) is 11.6 Å². The third-order valence-corrected chi connectivity index (χ3v) is 5.40. The highest BCUT2D eigenvalue weighted by Gasteiger charge is 2.43. The predicted molar refractivity (Wildman–Crippen MR) is 95.9 cm³/mol. The van der Waals surface area contributed by atoms with Gasteiger partial charge in [0.2, 0.25) is 0 Å². The molecule has 0 saturated heterocycles. The molecule has 0 radical (unpaired) electrons. The van der Waals surface area contributed by atoms with Crippen LogP contribution in [0.2, 0.25) is 0 Å². The van der Waals surface area contributed by atoms with E-state index in [2.05, 4.69) is 5.32 Å². The molecule has 1 N–H and O–H groups in total. The number of Topliss-reactive ketones (excluding diaryl/α,β-unsaturated/α-hetero) is 2. The highest BCUT2D eigenvalue weighted by atomic mass is 16.1. The van der Waals surface area contributed by atoms with E-state index in [1.165, 1.54) is 0 Å². The minimum atomic E-state index is -0.264. The van der Waals surface area contributed by atoms with Crippen LogP contribution in [0.3, 0.4) is 0 Å². The summed E-state index contributed by atoms with van der Waals surface area (Å²) in [6.45, 7) is 0. The summed E-state index contributed by atoms with van der Waals surface area (Å²) < 4.78 is 0. The summed E-state index contributed by atoms with van der Waals surface area (Å²) in [6.07, 6.45) is 2.29. The Balaban J connectivity index is 1.77. The first-order chi connectivity index (χ1) is 12.3. The fourth-order valence-corrected chi connectivity index (χ4v) is 4.32. The van der Waals surface area contributed by atoms with Crippen LogP contribution < -0.4 is 5.32 Å². The molecule has 1 atom stereocenters. The van der Waals surface area contributed by atoms with E-state index < -0.39 is 0 Å². The van der Waals surface area contributed by atoms with Crippen molar-refractivity contribution in [2.75, 3.05) is 0 Å². The minimum Gasteiger partial charge on any atom is -0.358 e. The summed E-state index contributed by atoms with van der Waals surface area (Å²) >= 11 is 0. The van der Waals surface area contributed by atoms with Crippen molar-refractivity contribution in [2.24, 2.45) is 0 Å². The number of carbonyl (C=O) groups is 2. The van der Waals surface area contributed by atoms with Gasteiger partial charge in [-0.05, 0) is 18.4 Å². The Labute approximate surface area is 146 Å². The van der Waals surface area contributed by atoms with Crippen LogP contribution in [0, 0.1) is 0 Å². The molecule has 1 unspecified atom stereocenters. The zero-order chi connectivity index (χ0) is 17.0. The first-order valence-electron chi connectivity index (χ1n) is 8.72. The van der Waals surface area contributed by atoms with Gasteiger partial charge in [-0.2, -0.15) is 0 Å². The van der Waals surface area contributed by atoms with Crippen LogP contribution in [0.1, 0.15) is 46.7 Å². The van der Waals surface area contributed by atoms with Gasteiger partial charge in [0.25, 0.3) is 0 Å². The van der Waals surface area contributed by atoms with Crippen LogP contribution in [0.5, 0.6) is 0 Å². The number of fused-ring (bicyclic) bond motifs is 2. The number of benzene rings is 2. The zero-order valence-corrected chi connectivity index (χ0v) is 13.7. The molecule has 0 bridgehead atoms. The van der Waals surface area contributed by atoms with E-state index >= 15 is 0 Å². The van der Waals surface area contributed by atoms with Crippen molar-refractivity contribution in [1.82, 2.24) is 5.32 Å². The standard InChI is InChI=1S/C22H17NO2/c24-17-12-6-11-16-19(17)18(13-7-2-1-3-8-13)20-21(23-16)14-9-4-5-10-15(14)22(20)25/h1-5,7-10,18,23H,6,11-12H2. The lowest BCUT2D eigenvalue weighted by molar-refractivity contribution is -0.116. The average Bonchev–Trinajstić information content (AvgIpc) is 2.94. The van der Waals surface area contributed by atoms with Gasteiger partial charge in [-0.3, -0.25) is 9.59 Å². The van der Waals surface area contributed by atoms with Crippen LogP contribution >= 0.6 is 0 Å². The minimum absolute atomic E-state index is 0.0388. The molecule has 0 amide bonds. The van der Waals surface area contributed by atoms with Gasteiger partial charge in [-0.1, -0.05) is 54.6 Å². The van der Waals surface area contributed by atoms with Crippen molar-refractivity contribution >= 4 is 17.3 Å². The van der Waals surface area contributed by atoms with Gasteiger partial charge in [0, 0.05) is 40.3 Å². The second kappa shape index (κ2) is 5.28.